The molecule has 2 aromatic heterocycles. The molecule has 7 nitrogen and oxygen atoms in total. The summed E-state index contributed by atoms with van der Waals surface area (Å²) >= 11 is 3.31. The van der Waals surface area contributed by atoms with E-state index < -0.39 is 0 Å². The maximum atomic E-state index is 12.1. The summed E-state index contributed by atoms with van der Waals surface area (Å²) in [6.07, 6.45) is 5.16. The Labute approximate surface area is 124 Å². The fourth-order valence-corrected chi connectivity index (χ4v) is 2.14. The van der Waals surface area contributed by atoms with Gasteiger partial charge in [0.2, 0.25) is 0 Å². The first-order valence-corrected chi connectivity index (χ1v) is 6.92. The van der Waals surface area contributed by atoms with Crippen LogP contribution in [0.15, 0.2) is 27.9 Å². The lowest BCUT2D eigenvalue weighted by molar-refractivity contribution is 0.181. The van der Waals surface area contributed by atoms with Gasteiger partial charge in [0.15, 0.2) is 0 Å². The predicted molar refractivity (Wildman–Crippen MR) is 78.7 cm³/mol. The zero-order valence-corrected chi connectivity index (χ0v) is 12.8. The molecule has 0 fully saturated rings. The molecule has 0 radical (unpaired) electrons. The number of ether oxygens (including phenoxy) is 1. The monoisotopic (exact) mass is 341 g/mol. The number of H-pyrrole nitrogens is 1. The number of rotatable bonds is 6. The van der Waals surface area contributed by atoms with Crippen molar-refractivity contribution in [2.45, 2.75) is 19.5 Å². The zero-order chi connectivity index (χ0) is 14.5. The number of nitrogens with zero attached hydrogens (tertiary/aromatic N) is 3. The van der Waals surface area contributed by atoms with E-state index in [0.717, 1.165) is 5.56 Å². The summed E-state index contributed by atoms with van der Waals surface area (Å²) in [5.74, 6) is 0. The van der Waals surface area contributed by atoms with Gasteiger partial charge in [-0.05, 0) is 22.9 Å². The number of halogens is 1. The molecule has 0 spiro atoms. The van der Waals surface area contributed by atoms with Crippen LogP contribution in [0, 0.1) is 0 Å². The van der Waals surface area contributed by atoms with Crippen LogP contribution in [0.3, 0.4) is 0 Å². The summed E-state index contributed by atoms with van der Waals surface area (Å²) in [7, 11) is 1.59. The van der Waals surface area contributed by atoms with Gasteiger partial charge in [-0.1, -0.05) is 0 Å². The van der Waals surface area contributed by atoms with Crippen molar-refractivity contribution in [2.75, 3.05) is 19.0 Å². The molecule has 8 heteroatoms. The quantitative estimate of drug-likeness (QED) is 0.832. The van der Waals surface area contributed by atoms with Gasteiger partial charge in [-0.3, -0.25) is 9.89 Å². The molecule has 108 valence electrons. The molecule has 0 saturated carbocycles. The third kappa shape index (κ3) is 3.26. The molecular formula is C12H16BrN5O2. The van der Waals surface area contributed by atoms with Gasteiger partial charge in [-0.15, -0.1) is 0 Å². The lowest BCUT2D eigenvalue weighted by atomic mass is 10.2. The largest absolute Gasteiger partial charge is 0.383 e. The second-order valence-corrected chi connectivity index (χ2v) is 5.08. The van der Waals surface area contributed by atoms with E-state index >= 15 is 0 Å². The highest BCUT2D eigenvalue weighted by molar-refractivity contribution is 9.10. The van der Waals surface area contributed by atoms with Crippen molar-refractivity contribution in [3.63, 3.8) is 0 Å². The van der Waals surface area contributed by atoms with Crippen molar-refractivity contribution < 1.29 is 4.74 Å². The first-order valence-electron chi connectivity index (χ1n) is 6.13. The molecule has 0 aliphatic carbocycles. The Kier molecular flexibility index (Phi) is 4.91. The number of methoxy groups -OCH3 is 1. The second-order valence-electron chi connectivity index (χ2n) is 4.29. The van der Waals surface area contributed by atoms with Crippen LogP contribution in [-0.2, 0) is 11.3 Å². The number of hydrogen-bond donors (Lipinski definition) is 2. The minimum Gasteiger partial charge on any atom is -0.383 e. The Morgan fingerprint density at radius 1 is 1.55 bits per heavy atom. The van der Waals surface area contributed by atoms with E-state index in [1.807, 2.05) is 6.92 Å². The smallest absolute Gasteiger partial charge is 0.283 e. The molecule has 2 rings (SSSR count). The minimum atomic E-state index is -0.188. The number of aromatic nitrogens is 4. The molecule has 0 saturated heterocycles. The Balaban J connectivity index is 2.17. The highest BCUT2D eigenvalue weighted by Crippen LogP contribution is 2.22. The zero-order valence-electron chi connectivity index (χ0n) is 11.3. The summed E-state index contributed by atoms with van der Waals surface area (Å²) in [4.78, 5) is 12.1. The molecule has 1 atom stereocenters. The van der Waals surface area contributed by atoms with E-state index in [2.05, 4.69) is 36.5 Å². The highest BCUT2D eigenvalue weighted by atomic mass is 79.9. The van der Waals surface area contributed by atoms with E-state index in [0.29, 0.717) is 23.3 Å². The number of hydrogen-bond acceptors (Lipinski definition) is 5. The molecule has 0 aliphatic heterocycles. The summed E-state index contributed by atoms with van der Waals surface area (Å²) in [5.41, 5.74) is 1.46. The van der Waals surface area contributed by atoms with E-state index in [-0.39, 0.29) is 11.6 Å². The Bertz CT molecular complexity index is 611. The van der Waals surface area contributed by atoms with Crippen molar-refractivity contribution in [1.82, 2.24) is 20.0 Å². The standard InChI is InChI=1S/C12H16BrN5O2/c1-8(9-5-14-15-6-9)17-10-7-16-18(3-4-20-2)12(19)11(10)13/h5-8,17H,3-4H2,1-2H3,(H,14,15). The van der Waals surface area contributed by atoms with Crippen LogP contribution in [0.5, 0.6) is 0 Å². The van der Waals surface area contributed by atoms with Gasteiger partial charge in [0.1, 0.15) is 4.47 Å². The van der Waals surface area contributed by atoms with Crippen molar-refractivity contribution in [2.24, 2.45) is 0 Å². The molecule has 2 heterocycles. The van der Waals surface area contributed by atoms with E-state index in [9.17, 15) is 4.79 Å². The van der Waals surface area contributed by atoms with Crippen LogP contribution >= 0.6 is 15.9 Å². The van der Waals surface area contributed by atoms with Crippen molar-refractivity contribution >= 4 is 21.6 Å². The van der Waals surface area contributed by atoms with Gasteiger partial charge >= 0.3 is 0 Å². The molecule has 1 unspecified atom stereocenters. The first kappa shape index (κ1) is 14.7. The molecule has 0 bridgehead atoms. The fraction of sp³-hybridized carbons (Fsp3) is 0.417. The third-order valence-corrected chi connectivity index (χ3v) is 3.65. The molecule has 0 aliphatic rings. The van der Waals surface area contributed by atoms with Crippen molar-refractivity contribution in [1.29, 1.82) is 0 Å². The maximum absolute atomic E-state index is 12.1. The van der Waals surface area contributed by atoms with Crippen LogP contribution in [-0.4, -0.2) is 33.7 Å². The molecule has 0 amide bonds. The molecule has 2 aromatic rings. The van der Waals surface area contributed by atoms with E-state index in [1.54, 1.807) is 25.7 Å². The number of nitrogens with one attached hydrogen (secondary N) is 2. The summed E-state index contributed by atoms with van der Waals surface area (Å²) in [5, 5.41) is 14.0. The Morgan fingerprint density at radius 2 is 2.35 bits per heavy atom. The van der Waals surface area contributed by atoms with Crippen LogP contribution in [0.25, 0.3) is 0 Å². The normalized spacial score (nSPS) is 12.3. The van der Waals surface area contributed by atoms with E-state index in [1.165, 1.54) is 4.68 Å². The van der Waals surface area contributed by atoms with Crippen LogP contribution in [0.4, 0.5) is 5.69 Å². The van der Waals surface area contributed by atoms with Gasteiger partial charge in [0, 0.05) is 18.9 Å². The molecule has 20 heavy (non-hydrogen) atoms. The third-order valence-electron chi connectivity index (χ3n) is 2.88. The summed E-state index contributed by atoms with van der Waals surface area (Å²) in [6.45, 7) is 2.84. The molecule has 2 N–H and O–H groups in total. The SMILES string of the molecule is COCCn1ncc(NC(C)c2cn[nH]c2)c(Br)c1=O. The van der Waals surface area contributed by atoms with Crippen LogP contribution in [0.2, 0.25) is 0 Å². The van der Waals surface area contributed by atoms with Gasteiger partial charge in [-0.25, -0.2) is 4.68 Å². The number of aromatic amines is 1. The summed E-state index contributed by atoms with van der Waals surface area (Å²) in [6, 6.07) is 0.0149. The molecule has 0 aromatic carbocycles. The van der Waals surface area contributed by atoms with Gasteiger partial charge in [0.25, 0.3) is 5.56 Å². The topological polar surface area (TPSA) is 84.8 Å². The minimum absolute atomic E-state index is 0.0149. The van der Waals surface area contributed by atoms with Crippen molar-refractivity contribution in [3.05, 3.63) is 39.0 Å². The van der Waals surface area contributed by atoms with Gasteiger partial charge < -0.3 is 10.1 Å². The first-order chi connectivity index (χ1) is 9.63. The average molecular weight is 342 g/mol. The van der Waals surface area contributed by atoms with E-state index in [4.69, 9.17) is 4.74 Å². The van der Waals surface area contributed by atoms with Gasteiger partial charge in [-0.2, -0.15) is 10.2 Å². The lowest BCUT2D eigenvalue weighted by Gasteiger charge is -2.15. The fourth-order valence-electron chi connectivity index (χ4n) is 1.72. The summed E-state index contributed by atoms with van der Waals surface area (Å²) < 4.78 is 6.76. The molecular weight excluding hydrogens is 326 g/mol. The maximum Gasteiger partial charge on any atom is 0.283 e. The van der Waals surface area contributed by atoms with Crippen LogP contribution in [0.1, 0.15) is 18.5 Å². The Morgan fingerprint density at radius 3 is 3.00 bits per heavy atom. The Hall–Kier alpha value is -1.67. The van der Waals surface area contributed by atoms with Crippen molar-refractivity contribution in [3.8, 4) is 0 Å². The second kappa shape index (κ2) is 6.67. The van der Waals surface area contributed by atoms with Gasteiger partial charge in [0.05, 0.1) is 37.3 Å². The highest BCUT2D eigenvalue weighted by Gasteiger charge is 2.12. The van der Waals surface area contributed by atoms with Crippen LogP contribution < -0.4 is 10.9 Å². The predicted octanol–water partition coefficient (Wildman–Crippen LogP) is 1.55. The average Bonchev–Trinajstić information content (AvgIpc) is 2.97. The number of anilines is 1. The lowest BCUT2D eigenvalue weighted by Crippen LogP contribution is -2.26.